The number of rotatable bonds is 1. The van der Waals surface area contributed by atoms with Gasteiger partial charge in [0.25, 0.3) is 0 Å². The summed E-state index contributed by atoms with van der Waals surface area (Å²) in [6.07, 6.45) is 1.75. The lowest BCUT2D eigenvalue weighted by Gasteiger charge is -2.28. The minimum Gasteiger partial charge on any atom is -0.444 e. The maximum absolute atomic E-state index is 12.2. The second kappa shape index (κ2) is 5.41. The molecule has 0 aromatic heterocycles. The summed E-state index contributed by atoms with van der Waals surface area (Å²) < 4.78 is 5.46. The fourth-order valence-electron chi connectivity index (χ4n) is 2.34. The van der Waals surface area contributed by atoms with Crippen LogP contribution in [0, 0.1) is 0 Å². The summed E-state index contributed by atoms with van der Waals surface area (Å²) in [5.74, 6) is 0. The van der Waals surface area contributed by atoms with Crippen LogP contribution in [0.1, 0.15) is 45.2 Å². The van der Waals surface area contributed by atoms with Crippen molar-refractivity contribution in [1.29, 1.82) is 0 Å². The summed E-state index contributed by atoms with van der Waals surface area (Å²) in [5, 5.41) is 0.713. The molecule has 0 aliphatic carbocycles. The van der Waals surface area contributed by atoms with Crippen molar-refractivity contribution >= 4 is 17.7 Å². The van der Waals surface area contributed by atoms with Crippen molar-refractivity contribution in [2.75, 3.05) is 6.54 Å². The van der Waals surface area contributed by atoms with Gasteiger partial charge >= 0.3 is 6.09 Å². The third-order valence-electron chi connectivity index (χ3n) is 3.14. The summed E-state index contributed by atoms with van der Waals surface area (Å²) in [5.41, 5.74) is 0.664. The first-order chi connectivity index (χ1) is 8.87. The molecule has 1 amide bonds. The Balaban J connectivity index is 2.12. The highest BCUT2D eigenvalue weighted by Crippen LogP contribution is 2.33. The predicted molar refractivity (Wildman–Crippen MR) is 76.4 cm³/mol. The molecule has 0 radical (unpaired) electrons. The number of benzene rings is 1. The van der Waals surface area contributed by atoms with Gasteiger partial charge in [-0.3, -0.25) is 0 Å². The summed E-state index contributed by atoms with van der Waals surface area (Å²) in [6.45, 7) is 6.41. The molecule has 0 bridgehead atoms. The summed E-state index contributed by atoms with van der Waals surface area (Å²) in [7, 11) is 0. The topological polar surface area (TPSA) is 29.5 Å². The van der Waals surface area contributed by atoms with Crippen molar-refractivity contribution in [1.82, 2.24) is 4.90 Å². The van der Waals surface area contributed by atoms with E-state index in [2.05, 4.69) is 0 Å². The molecular weight excluding hydrogens is 262 g/mol. The summed E-state index contributed by atoms with van der Waals surface area (Å²) in [4.78, 5) is 14.0. The molecule has 1 heterocycles. The normalized spacial score (nSPS) is 19.6. The molecule has 19 heavy (non-hydrogen) atoms. The van der Waals surface area contributed by atoms with Crippen LogP contribution in [0.4, 0.5) is 4.79 Å². The zero-order valence-electron chi connectivity index (χ0n) is 11.6. The van der Waals surface area contributed by atoms with E-state index < -0.39 is 5.60 Å². The Kier molecular flexibility index (Phi) is 4.04. The van der Waals surface area contributed by atoms with E-state index >= 15 is 0 Å². The third kappa shape index (κ3) is 3.63. The number of nitrogens with zero attached hydrogens (tertiary/aromatic N) is 1. The van der Waals surface area contributed by atoms with Gasteiger partial charge in [0.2, 0.25) is 0 Å². The van der Waals surface area contributed by atoms with Gasteiger partial charge in [0.05, 0.1) is 6.04 Å². The van der Waals surface area contributed by atoms with Gasteiger partial charge in [0.15, 0.2) is 0 Å². The van der Waals surface area contributed by atoms with Gasteiger partial charge in [0.1, 0.15) is 5.60 Å². The van der Waals surface area contributed by atoms with E-state index in [4.69, 9.17) is 16.3 Å². The van der Waals surface area contributed by atoms with E-state index in [1.165, 1.54) is 0 Å². The molecular formula is C15H20ClNO2. The molecule has 1 aliphatic rings. The Bertz CT molecular complexity index is 450. The highest BCUT2D eigenvalue weighted by Gasteiger charge is 2.32. The van der Waals surface area contributed by atoms with Gasteiger partial charge in [-0.2, -0.15) is 0 Å². The van der Waals surface area contributed by atoms with E-state index in [-0.39, 0.29) is 12.1 Å². The maximum atomic E-state index is 12.2. The molecule has 1 aliphatic heterocycles. The molecule has 4 heteroatoms. The third-order valence-corrected chi connectivity index (χ3v) is 3.39. The molecule has 1 saturated heterocycles. The fourth-order valence-corrected chi connectivity index (χ4v) is 2.46. The molecule has 1 aromatic rings. The predicted octanol–water partition coefficient (Wildman–Crippen LogP) is 4.41. The lowest BCUT2D eigenvalue weighted by molar-refractivity contribution is 0.0224. The second-order valence-corrected chi connectivity index (χ2v) is 6.32. The molecule has 3 nitrogen and oxygen atoms in total. The molecule has 0 saturated carbocycles. The Hall–Kier alpha value is -1.22. The Morgan fingerprint density at radius 3 is 2.53 bits per heavy atom. The lowest BCUT2D eigenvalue weighted by Crippen LogP contribution is -2.36. The zero-order chi connectivity index (χ0) is 14.0. The van der Waals surface area contributed by atoms with Gasteiger partial charge in [-0.1, -0.05) is 23.7 Å². The van der Waals surface area contributed by atoms with E-state index in [9.17, 15) is 4.79 Å². The number of carbonyl (C=O) groups excluding carboxylic acids is 1. The van der Waals surface area contributed by atoms with Crippen LogP contribution in [-0.4, -0.2) is 23.1 Å². The van der Waals surface area contributed by atoms with Crippen LogP contribution in [0.25, 0.3) is 0 Å². The Morgan fingerprint density at radius 2 is 1.95 bits per heavy atom. The number of carbonyl (C=O) groups is 1. The smallest absolute Gasteiger partial charge is 0.410 e. The van der Waals surface area contributed by atoms with E-state index in [0.29, 0.717) is 5.02 Å². The van der Waals surface area contributed by atoms with Crippen LogP contribution < -0.4 is 0 Å². The van der Waals surface area contributed by atoms with Crippen molar-refractivity contribution in [2.45, 2.75) is 45.3 Å². The van der Waals surface area contributed by atoms with Gasteiger partial charge < -0.3 is 9.64 Å². The van der Waals surface area contributed by atoms with Crippen molar-refractivity contribution in [3.05, 3.63) is 34.9 Å². The van der Waals surface area contributed by atoms with Crippen molar-refractivity contribution < 1.29 is 9.53 Å². The number of ether oxygens (including phenoxy) is 1. The van der Waals surface area contributed by atoms with Gasteiger partial charge in [-0.15, -0.1) is 0 Å². The highest BCUT2D eigenvalue weighted by molar-refractivity contribution is 6.30. The van der Waals surface area contributed by atoms with Crippen molar-refractivity contribution in [3.8, 4) is 0 Å². The van der Waals surface area contributed by atoms with E-state index in [1.807, 2.05) is 49.9 Å². The van der Waals surface area contributed by atoms with Crippen molar-refractivity contribution in [3.63, 3.8) is 0 Å². The average Bonchev–Trinajstić information content (AvgIpc) is 2.76. The average molecular weight is 282 g/mol. The number of hydrogen-bond acceptors (Lipinski definition) is 2. The van der Waals surface area contributed by atoms with Crippen LogP contribution in [0.15, 0.2) is 24.3 Å². The number of halogens is 1. The first kappa shape index (κ1) is 14.2. The molecule has 104 valence electrons. The molecule has 0 spiro atoms. The van der Waals surface area contributed by atoms with Crippen LogP contribution in [-0.2, 0) is 4.74 Å². The first-order valence-electron chi connectivity index (χ1n) is 6.62. The van der Waals surface area contributed by atoms with Crippen LogP contribution in [0.3, 0.4) is 0 Å². The molecule has 1 fully saturated rings. The number of likely N-dealkylation sites (tertiary alicyclic amines) is 1. The molecule has 0 N–H and O–H groups in total. The standard InChI is InChI=1S/C15H20ClNO2/c1-15(2,3)19-14(18)17-10-4-5-13(17)11-6-8-12(16)9-7-11/h6-9,13H,4-5,10H2,1-3H3. The minimum absolute atomic E-state index is 0.104. The monoisotopic (exact) mass is 281 g/mol. The van der Waals surface area contributed by atoms with Crippen LogP contribution in [0.2, 0.25) is 5.02 Å². The molecule has 2 rings (SSSR count). The summed E-state index contributed by atoms with van der Waals surface area (Å²) >= 11 is 5.90. The Labute approximate surface area is 119 Å². The molecule has 1 aromatic carbocycles. The van der Waals surface area contributed by atoms with E-state index in [1.54, 1.807) is 0 Å². The second-order valence-electron chi connectivity index (χ2n) is 5.88. The lowest BCUT2D eigenvalue weighted by atomic mass is 10.1. The largest absolute Gasteiger partial charge is 0.444 e. The molecule has 1 atom stereocenters. The summed E-state index contributed by atoms with van der Waals surface area (Å²) in [6, 6.07) is 7.79. The fraction of sp³-hybridized carbons (Fsp3) is 0.533. The van der Waals surface area contributed by atoms with Crippen molar-refractivity contribution in [2.24, 2.45) is 0 Å². The van der Waals surface area contributed by atoms with Gasteiger partial charge in [0, 0.05) is 11.6 Å². The van der Waals surface area contributed by atoms with Crippen LogP contribution in [0.5, 0.6) is 0 Å². The molecule has 1 unspecified atom stereocenters. The van der Waals surface area contributed by atoms with Gasteiger partial charge in [-0.25, -0.2) is 4.79 Å². The van der Waals surface area contributed by atoms with E-state index in [0.717, 1.165) is 24.9 Å². The van der Waals surface area contributed by atoms with Crippen LogP contribution >= 0.6 is 11.6 Å². The number of hydrogen-bond donors (Lipinski definition) is 0. The SMILES string of the molecule is CC(C)(C)OC(=O)N1CCCC1c1ccc(Cl)cc1. The van der Waals surface area contributed by atoms with Gasteiger partial charge in [-0.05, 0) is 51.3 Å². The zero-order valence-corrected chi connectivity index (χ0v) is 12.4. The number of amides is 1. The minimum atomic E-state index is -0.454. The first-order valence-corrected chi connectivity index (χ1v) is 7.00. The highest BCUT2D eigenvalue weighted by atomic mass is 35.5. The Morgan fingerprint density at radius 1 is 1.32 bits per heavy atom. The maximum Gasteiger partial charge on any atom is 0.410 e. The quantitative estimate of drug-likeness (QED) is 0.763.